The quantitative estimate of drug-likeness (QED) is 0.459. The summed E-state index contributed by atoms with van der Waals surface area (Å²) in [5.41, 5.74) is 4.55. The molecule has 0 saturated carbocycles. The standard InChI is InChI=1S/C31H35ClF2N6O2/c1-19(33)29(41)40-12-11-39(17-23(40)7-10-35)28-25-6-9-31(8-5-20-13-21(32)3-4-26(20)31)15-27(25)36-30(37-28)42-18-24-14-22(34)16-38(24)2/h3-4,13,22-24H,1,5-9,11-12,14-18H2,2H3/t22-,23+,24+,31?/m1/s1. The molecular formula is C31H35ClF2N6O2. The minimum absolute atomic E-state index is 0.0428. The second kappa shape index (κ2) is 11.4. The minimum Gasteiger partial charge on any atom is -0.462 e. The summed E-state index contributed by atoms with van der Waals surface area (Å²) in [5, 5.41) is 10.2. The Hall–Kier alpha value is -3.29. The van der Waals surface area contributed by atoms with Crippen LogP contribution in [0.2, 0.25) is 5.02 Å². The molecule has 1 amide bonds. The first-order chi connectivity index (χ1) is 20.2. The van der Waals surface area contributed by atoms with Crippen LogP contribution in [0.15, 0.2) is 30.6 Å². The van der Waals surface area contributed by atoms with Crippen molar-refractivity contribution in [2.24, 2.45) is 0 Å². The topological polar surface area (TPSA) is 85.6 Å². The lowest BCUT2D eigenvalue weighted by Gasteiger charge is -2.42. The maximum Gasteiger partial charge on any atom is 0.318 e. The molecular weight excluding hydrogens is 562 g/mol. The average molecular weight is 597 g/mol. The minimum atomic E-state index is -1.03. The number of halogens is 3. The fraction of sp³-hybridized carbons (Fsp3) is 0.548. The van der Waals surface area contributed by atoms with Crippen LogP contribution in [0.1, 0.15) is 48.1 Å². The summed E-state index contributed by atoms with van der Waals surface area (Å²) >= 11 is 6.31. The van der Waals surface area contributed by atoms with E-state index in [2.05, 4.69) is 29.7 Å². The molecule has 6 rings (SSSR count). The van der Waals surface area contributed by atoms with Crippen LogP contribution in [0.25, 0.3) is 0 Å². The highest BCUT2D eigenvalue weighted by atomic mass is 35.5. The number of alkyl halides is 1. The zero-order valence-corrected chi connectivity index (χ0v) is 24.5. The highest BCUT2D eigenvalue weighted by molar-refractivity contribution is 6.30. The Kier molecular flexibility index (Phi) is 7.83. The van der Waals surface area contributed by atoms with Gasteiger partial charge in [-0.15, -0.1) is 0 Å². The fourth-order valence-electron chi connectivity index (χ4n) is 7.36. The van der Waals surface area contributed by atoms with Crippen LogP contribution in [0.4, 0.5) is 14.6 Å². The summed E-state index contributed by atoms with van der Waals surface area (Å²) in [7, 11) is 1.89. The van der Waals surface area contributed by atoms with Crippen molar-refractivity contribution >= 4 is 23.3 Å². The van der Waals surface area contributed by atoms with E-state index in [4.69, 9.17) is 26.3 Å². The van der Waals surface area contributed by atoms with Gasteiger partial charge in [0.2, 0.25) is 0 Å². The lowest BCUT2D eigenvalue weighted by atomic mass is 9.69. The Labute approximate surface area is 249 Å². The molecule has 1 aromatic heterocycles. The number of likely N-dealkylation sites (tertiary alicyclic amines) is 1. The lowest BCUT2D eigenvalue weighted by Crippen LogP contribution is -2.55. The van der Waals surface area contributed by atoms with E-state index in [0.717, 1.165) is 54.2 Å². The van der Waals surface area contributed by atoms with E-state index >= 15 is 0 Å². The van der Waals surface area contributed by atoms with Crippen LogP contribution in [0.5, 0.6) is 6.01 Å². The summed E-state index contributed by atoms with van der Waals surface area (Å²) in [6.07, 6.45) is 4.02. The lowest BCUT2D eigenvalue weighted by molar-refractivity contribution is -0.131. The summed E-state index contributed by atoms with van der Waals surface area (Å²) in [6, 6.07) is 8.00. The zero-order chi connectivity index (χ0) is 29.6. The molecule has 222 valence electrons. The molecule has 0 N–H and O–H groups in total. The third-order valence-electron chi connectivity index (χ3n) is 9.57. The number of piperazine rings is 1. The zero-order valence-electron chi connectivity index (χ0n) is 23.8. The second-order valence-corrected chi connectivity index (χ2v) is 12.6. The molecule has 2 aliphatic heterocycles. The van der Waals surface area contributed by atoms with Gasteiger partial charge in [-0.25, -0.2) is 8.78 Å². The van der Waals surface area contributed by atoms with Gasteiger partial charge in [0, 0.05) is 48.2 Å². The van der Waals surface area contributed by atoms with Crippen LogP contribution < -0.4 is 9.64 Å². The highest BCUT2D eigenvalue weighted by Crippen LogP contribution is 2.49. The number of rotatable bonds is 6. The van der Waals surface area contributed by atoms with Gasteiger partial charge in [-0.3, -0.25) is 9.69 Å². The van der Waals surface area contributed by atoms with Crippen molar-refractivity contribution in [2.45, 2.75) is 68.6 Å². The van der Waals surface area contributed by atoms with Gasteiger partial charge in [-0.05, 0) is 68.8 Å². The molecule has 3 heterocycles. The molecule has 42 heavy (non-hydrogen) atoms. The molecule has 4 aliphatic rings. The number of carbonyl (C=O) groups excluding carboxylic acids is 1. The van der Waals surface area contributed by atoms with Crippen LogP contribution in [-0.2, 0) is 29.5 Å². The fourth-order valence-corrected chi connectivity index (χ4v) is 7.56. The average Bonchev–Trinajstić information content (AvgIpc) is 3.48. The predicted octanol–water partition coefficient (Wildman–Crippen LogP) is 4.34. The molecule has 1 aromatic carbocycles. The second-order valence-electron chi connectivity index (χ2n) is 12.1. The highest BCUT2D eigenvalue weighted by Gasteiger charge is 2.44. The molecule has 2 fully saturated rings. The molecule has 2 aliphatic carbocycles. The number of fused-ring (bicyclic) bond motifs is 3. The van der Waals surface area contributed by atoms with E-state index in [1.807, 2.05) is 18.0 Å². The van der Waals surface area contributed by atoms with Gasteiger partial charge in [0.1, 0.15) is 18.6 Å². The van der Waals surface area contributed by atoms with Crippen molar-refractivity contribution in [1.29, 1.82) is 5.26 Å². The van der Waals surface area contributed by atoms with Crippen LogP contribution in [0, 0.1) is 11.3 Å². The molecule has 1 unspecified atom stereocenters. The Morgan fingerprint density at radius 3 is 2.79 bits per heavy atom. The monoisotopic (exact) mass is 596 g/mol. The van der Waals surface area contributed by atoms with Crippen molar-refractivity contribution in [1.82, 2.24) is 19.8 Å². The van der Waals surface area contributed by atoms with Crippen LogP contribution in [-0.4, -0.2) is 83.8 Å². The summed E-state index contributed by atoms with van der Waals surface area (Å²) in [6.45, 7) is 4.82. The SMILES string of the molecule is C=C(F)C(=O)N1CCN(c2nc(OC[C@@H]3C[C@@H](F)CN3C)nc3c2CCC2(CCc4cc(Cl)ccc42)C3)C[C@@H]1CC#N. The number of hydrogen-bond acceptors (Lipinski definition) is 7. The van der Waals surface area contributed by atoms with Gasteiger partial charge >= 0.3 is 6.01 Å². The van der Waals surface area contributed by atoms with E-state index in [0.29, 0.717) is 26.1 Å². The summed E-state index contributed by atoms with van der Waals surface area (Å²) in [5.74, 6) is -1.08. The summed E-state index contributed by atoms with van der Waals surface area (Å²) in [4.78, 5) is 27.7. The number of benzene rings is 1. The van der Waals surface area contributed by atoms with Gasteiger partial charge < -0.3 is 14.5 Å². The molecule has 1 spiro atoms. The Morgan fingerprint density at radius 1 is 1.24 bits per heavy atom. The molecule has 0 radical (unpaired) electrons. The van der Waals surface area contributed by atoms with Crippen molar-refractivity contribution in [3.63, 3.8) is 0 Å². The molecule has 0 bridgehead atoms. The molecule has 4 atom stereocenters. The number of anilines is 1. The number of carbonyl (C=O) groups is 1. The third-order valence-corrected chi connectivity index (χ3v) is 9.80. The number of hydrogen-bond donors (Lipinski definition) is 0. The number of nitrogens with zero attached hydrogens (tertiary/aromatic N) is 6. The number of aromatic nitrogens is 2. The van der Waals surface area contributed by atoms with E-state index in [-0.39, 0.29) is 37.0 Å². The maximum absolute atomic E-state index is 14.0. The van der Waals surface area contributed by atoms with Crippen molar-refractivity contribution < 1.29 is 18.3 Å². The summed E-state index contributed by atoms with van der Waals surface area (Å²) < 4.78 is 33.9. The van der Waals surface area contributed by atoms with Crippen LogP contribution in [0.3, 0.4) is 0 Å². The normalized spacial score (nSPS) is 27.1. The number of aryl methyl sites for hydroxylation is 1. The van der Waals surface area contributed by atoms with Gasteiger partial charge in [0.25, 0.3) is 5.91 Å². The third kappa shape index (κ3) is 5.33. The Bertz CT molecular complexity index is 1450. The van der Waals surface area contributed by atoms with Crippen molar-refractivity contribution in [3.8, 4) is 12.1 Å². The van der Waals surface area contributed by atoms with E-state index < -0.39 is 23.9 Å². The molecule has 2 saturated heterocycles. The first kappa shape index (κ1) is 28.8. The largest absolute Gasteiger partial charge is 0.462 e. The molecule has 8 nitrogen and oxygen atoms in total. The van der Waals surface area contributed by atoms with Crippen LogP contribution >= 0.6 is 11.6 Å². The molecule has 2 aromatic rings. The Morgan fingerprint density at radius 2 is 2.05 bits per heavy atom. The maximum atomic E-state index is 14.0. The van der Waals surface area contributed by atoms with Gasteiger partial charge in [-0.2, -0.15) is 15.2 Å². The number of nitriles is 1. The predicted molar refractivity (Wildman–Crippen MR) is 155 cm³/mol. The number of amides is 1. The molecule has 11 heteroatoms. The number of ether oxygens (including phenoxy) is 1. The van der Waals surface area contributed by atoms with E-state index in [1.165, 1.54) is 16.0 Å². The smallest absolute Gasteiger partial charge is 0.318 e. The first-order valence-corrected chi connectivity index (χ1v) is 15.0. The van der Waals surface area contributed by atoms with Crippen molar-refractivity contribution in [2.75, 3.05) is 44.7 Å². The van der Waals surface area contributed by atoms with E-state index in [1.54, 1.807) is 0 Å². The number of likely N-dealkylation sites (N-methyl/N-ethyl adjacent to an activating group) is 1. The van der Waals surface area contributed by atoms with Gasteiger partial charge in [0.05, 0.1) is 24.2 Å². The Balaban J connectivity index is 1.33. The first-order valence-electron chi connectivity index (χ1n) is 14.6. The van der Waals surface area contributed by atoms with Gasteiger partial charge in [0.15, 0.2) is 5.83 Å². The van der Waals surface area contributed by atoms with Crippen molar-refractivity contribution in [3.05, 3.63) is 58.0 Å². The van der Waals surface area contributed by atoms with E-state index in [9.17, 15) is 18.8 Å². The van der Waals surface area contributed by atoms with Gasteiger partial charge in [-0.1, -0.05) is 24.2 Å².